The SMILES string of the molecule is CN=C(NC)NCC(c1ccccc1)N1CCC(C)CC1. The fourth-order valence-electron chi connectivity index (χ4n) is 2.95. The zero-order chi connectivity index (χ0) is 15.1. The van der Waals surface area contributed by atoms with E-state index in [1.54, 1.807) is 7.05 Å². The van der Waals surface area contributed by atoms with Gasteiger partial charge in [-0.05, 0) is 37.4 Å². The highest BCUT2D eigenvalue weighted by Gasteiger charge is 2.24. The lowest BCUT2D eigenvalue weighted by Crippen LogP contribution is -2.44. The van der Waals surface area contributed by atoms with Crippen molar-refractivity contribution in [3.8, 4) is 0 Å². The molecule has 1 fully saturated rings. The zero-order valence-corrected chi connectivity index (χ0v) is 13.5. The molecule has 0 saturated carbocycles. The number of benzene rings is 1. The molecule has 2 rings (SSSR count). The van der Waals surface area contributed by atoms with E-state index in [1.807, 2.05) is 7.05 Å². The molecule has 116 valence electrons. The minimum absolute atomic E-state index is 0.406. The molecule has 1 aliphatic heterocycles. The molecule has 4 heteroatoms. The Hall–Kier alpha value is -1.55. The Kier molecular flexibility index (Phi) is 6.05. The normalized spacial score (nSPS) is 19.3. The molecule has 1 aromatic rings. The lowest BCUT2D eigenvalue weighted by molar-refractivity contribution is 0.138. The van der Waals surface area contributed by atoms with Crippen LogP contribution in [0.1, 0.15) is 31.4 Å². The van der Waals surface area contributed by atoms with Crippen molar-refractivity contribution < 1.29 is 0 Å². The fourth-order valence-corrected chi connectivity index (χ4v) is 2.95. The average molecular weight is 288 g/mol. The van der Waals surface area contributed by atoms with Crippen LogP contribution in [0.15, 0.2) is 35.3 Å². The van der Waals surface area contributed by atoms with Crippen LogP contribution in [0.5, 0.6) is 0 Å². The first-order valence-corrected chi connectivity index (χ1v) is 7.92. The summed E-state index contributed by atoms with van der Waals surface area (Å²) in [4.78, 5) is 6.81. The van der Waals surface area contributed by atoms with Gasteiger partial charge in [-0.15, -0.1) is 0 Å². The molecule has 0 aliphatic carbocycles. The van der Waals surface area contributed by atoms with Gasteiger partial charge >= 0.3 is 0 Å². The van der Waals surface area contributed by atoms with Gasteiger partial charge in [0.2, 0.25) is 0 Å². The number of likely N-dealkylation sites (tertiary alicyclic amines) is 1. The number of nitrogens with zero attached hydrogens (tertiary/aromatic N) is 2. The van der Waals surface area contributed by atoms with Gasteiger partial charge in [0.05, 0.1) is 6.04 Å². The molecule has 0 amide bonds. The van der Waals surface area contributed by atoms with Gasteiger partial charge in [0.15, 0.2) is 5.96 Å². The van der Waals surface area contributed by atoms with Crippen molar-refractivity contribution in [3.63, 3.8) is 0 Å². The molecule has 1 unspecified atom stereocenters. The second-order valence-corrected chi connectivity index (χ2v) is 5.85. The summed E-state index contributed by atoms with van der Waals surface area (Å²) in [5.41, 5.74) is 1.38. The van der Waals surface area contributed by atoms with E-state index in [0.717, 1.165) is 18.4 Å². The third-order valence-electron chi connectivity index (χ3n) is 4.37. The Bertz CT molecular complexity index is 435. The Morgan fingerprint density at radius 1 is 1.29 bits per heavy atom. The maximum Gasteiger partial charge on any atom is 0.190 e. The van der Waals surface area contributed by atoms with Crippen LogP contribution in [0.2, 0.25) is 0 Å². The maximum absolute atomic E-state index is 4.21. The minimum atomic E-state index is 0.406. The van der Waals surface area contributed by atoms with Gasteiger partial charge in [0.25, 0.3) is 0 Å². The van der Waals surface area contributed by atoms with Gasteiger partial charge in [0.1, 0.15) is 0 Å². The molecule has 1 aromatic carbocycles. The molecule has 1 saturated heterocycles. The summed E-state index contributed by atoms with van der Waals surface area (Å²) in [7, 11) is 3.70. The summed E-state index contributed by atoms with van der Waals surface area (Å²) in [5.74, 6) is 1.71. The quantitative estimate of drug-likeness (QED) is 0.659. The molecule has 1 heterocycles. The monoisotopic (exact) mass is 288 g/mol. The summed E-state index contributed by atoms with van der Waals surface area (Å²) >= 11 is 0. The number of guanidine groups is 1. The molecule has 4 nitrogen and oxygen atoms in total. The molecule has 21 heavy (non-hydrogen) atoms. The van der Waals surface area contributed by atoms with Crippen molar-refractivity contribution in [1.29, 1.82) is 0 Å². The highest BCUT2D eigenvalue weighted by molar-refractivity contribution is 5.79. The van der Waals surface area contributed by atoms with E-state index in [9.17, 15) is 0 Å². The molecule has 2 N–H and O–H groups in total. The van der Waals surface area contributed by atoms with Crippen molar-refractivity contribution in [1.82, 2.24) is 15.5 Å². The van der Waals surface area contributed by atoms with E-state index in [1.165, 1.54) is 31.5 Å². The van der Waals surface area contributed by atoms with E-state index in [2.05, 4.69) is 57.8 Å². The Morgan fingerprint density at radius 2 is 1.95 bits per heavy atom. The van der Waals surface area contributed by atoms with Crippen LogP contribution < -0.4 is 10.6 Å². The Labute approximate surface area is 128 Å². The van der Waals surface area contributed by atoms with Gasteiger partial charge in [0, 0.05) is 20.6 Å². The predicted molar refractivity (Wildman–Crippen MR) is 89.6 cm³/mol. The average Bonchev–Trinajstić information content (AvgIpc) is 2.54. The second-order valence-electron chi connectivity index (χ2n) is 5.85. The predicted octanol–water partition coefficient (Wildman–Crippen LogP) is 2.25. The van der Waals surface area contributed by atoms with Gasteiger partial charge in [-0.3, -0.25) is 9.89 Å². The summed E-state index contributed by atoms with van der Waals surface area (Å²) in [6.45, 7) is 5.60. The van der Waals surface area contributed by atoms with Crippen molar-refractivity contribution in [2.45, 2.75) is 25.8 Å². The van der Waals surface area contributed by atoms with E-state index in [0.29, 0.717) is 6.04 Å². The molecule has 1 aliphatic rings. The molecule has 0 bridgehead atoms. The van der Waals surface area contributed by atoms with Crippen LogP contribution in [0, 0.1) is 5.92 Å². The van der Waals surface area contributed by atoms with Crippen LogP contribution >= 0.6 is 0 Å². The number of hydrogen-bond acceptors (Lipinski definition) is 2. The van der Waals surface area contributed by atoms with Gasteiger partial charge in [-0.2, -0.15) is 0 Å². The van der Waals surface area contributed by atoms with Crippen LogP contribution in [-0.4, -0.2) is 44.6 Å². The Balaban J connectivity index is 2.07. The van der Waals surface area contributed by atoms with Crippen LogP contribution in [0.3, 0.4) is 0 Å². The van der Waals surface area contributed by atoms with E-state index >= 15 is 0 Å². The molecular weight excluding hydrogens is 260 g/mol. The third-order valence-corrected chi connectivity index (χ3v) is 4.37. The molecule has 0 radical (unpaired) electrons. The topological polar surface area (TPSA) is 39.7 Å². The molecule has 0 aromatic heterocycles. The maximum atomic E-state index is 4.21. The van der Waals surface area contributed by atoms with Gasteiger partial charge < -0.3 is 10.6 Å². The first-order valence-electron chi connectivity index (χ1n) is 7.92. The van der Waals surface area contributed by atoms with Crippen LogP contribution in [0.25, 0.3) is 0 Å². The lowest BCUT2D eigenvalue weighted by atomic mass is 9.95. The molecule has 1 atom stereocenters. The number of hydrogen-bond donors (Lipinski definition) is 2. The highest BCUT2D eigenvalue weighted by Crippen LogP contribution is 2.26. The highest BCUT2D eigenvalue weighted by atomic mass is 15.2. The summed E-state index contributed by atoms with van der Waals surface area (Å²) in [6.07, 6.45) is 2.59. The number of rotatable bonds is 4. The lowest BCUT2D eigenvalue weighted by Gasteiger charge is -2.37. The van der Waals surface area contributed by atoms with Gasteiger partial charge in [-0.25, -0.2) is 0 Å². The zero-order valence-electron chi connectivity index (χ0n) is 13.5. The standard InChI is InChI=1S/C17H28N4/c1-14-9-11-21(12-10-14)16(13-20-17(18-2)19-3)15-7-5-4-6-8-15/h4-8,14,16H,9-13H2,1-3H3,(H2,18,19,20). The first kappa shape index (κ1) is 15.8. The number of aliphatic imine (C=N–C) groups is 1. The third kappa shape index (κ3) is 4.46. The van der Waals surface area contributed by atoms with E-state index in [-0.39, 0.29) is 0 Å². The number of piperidine rings is 1. The summed E-state index contributed by atoms with van der Waals surface area (Å²) in [5, 5.41) is 6.51. The Morgan fingerprint density at radius 3 is 2.52 bits per heavy atom. The van der Waals surface area contributed by atoms with Crippen molar-refractivity contribution in [3.05, 3.63) is 35.9 Å². The summed E-state index contributed by atoms with van der Waals surface area (Å²) < 4.78 is 0. The van der Waals surface area contributed by atoms with Crippen molar-refractivity contribution >= 4 is 5.96 Å². The minimum Gasteiger partial charge on any atom is -0.359 e. The molecular formula is C17H28N4. The van der Waals surface area contributed by atoms with Crippen molar-refractivity contribution in [2.24, 2.45) is 10.9 Å². The summed E-state index contributed by atoms with van der Waals surface area (Å²) in [6, 6.07) is 11.2. The molecule has 0 spiro atoms. The fraction of sp³-hybridized carbons (Fsp3) is 0.588. The van der Waals surface area contributed by atoms with E-state index in [4.69, 9.17) is 0 Å². The van der Waals surface area contributed by atoms with Gasteiger partial charge in [-0.1, -0.05) is 37.3 Å². The second kappa shape index (κ2) is 8.03. The smallest absolute Gasteiger partial charge is 0.190 e. The first-order chi connectivity index (χ1) is 10.2. The van der Waals surface area contributed by atoms with Crippen molar-refractivity contribution in [2.75, 3.05) is 33.7 Å². The van der Waals surface area contributed by atoms with Crippen LogP contribution in [-0.2, 0) is 0 Å². The van der Waals surface area contributed by atoms with E-state index < -0.39 is 0 Å². The van der Waals surface area contributed by atoms with Crippen LogP contribution in [0.4, 0.5) is 0 Å². The number of nitrogens with one attached hydrogen (secondary N) is 2. The largest absolute Gasteiger partial charge is 0.359 e.